The first-order valence-corrected chi connectivity index (χ1v) is 8.79. The molecule has 1 aromatic rings. The van der Waals surface area contributed by atoms with Crippen LogP contribution >= 0.6 is 11.8 Å². The Labute approximate surface area is 140 Å². The highest BCUT2D eigenvalue weighted by atomic mass is 32.2. The molecule has 2 aliphatic heterocycles. The van der Waals surface area contributed by atoms with Gasteiger partial charge in [-0.05, 0) is 17.7 Å². The maximum absolute atomic E-state index is 11.1. The fraction of sp³-hybridized carbons (Fsp3) is 0.562. The van der Waals surface area contributed by atoms with Crippen LogP contribution in [0, 0.1) is 0 Å². The van der Waals surface area contributed by atoms with Crippen molar-refractivity contribution in [1.82, 2.24) is 10.2 Å². The van der Waals surface area contributed by atoms with Gasteiger partial charge in [0.2, 0.25) is 0 Å². The van der Waals surface area contributed by atoms with Crippen molar-refractivity contribution in [1.29, 1.82) is 0 Å². The molecular weight excluding hydrogens is 316 g/mol. The smallest absolute Gasteiger partial charge is 0.321 e. The van der Waals surface area contributed by atoms with Crippen LogP contribution in [0.1, 0.15) is 16.5 Å². The number of carboxylic acids is 1. The summed E-state index contributed by atoms with van der Waals surface area (Å²) in [6.45, 7) is 4.20. The van der Waals surface area contributed by atoms with Crippen LogP contribution in [-0.2, 0) is 16.1 Å². The molecule has 2 saturated heterocycles. The number of nitrogens with zero attached hydrogens (tertiary/aromatic N) is 1. The summed E-state index contributed by atoms with van der Waals surface area (Å²) in [7, 11) is 1.68. The van der Waals surface area contributed by atoms with Crippen molar-refractivity contribution in [2.24, 2.45) is 0 Å². The average Bonchev–Trinajstić information content (AvgIpc) is 3.06. The van der Waals surface area contributed by atoms with Gasteiger partial charge in [0.25, 0.3) is 0 Å². The molecule has 2 aliphatic rings. The fourth-order valence-corrected chi connectivity index (χ4v) is 4.12. The molecule has 23 heavy (non-hydrogen) atoms. The minimum Gasteiger partial charge on any atom is -0.496 e. The molecule has 0 amide bonds. The highest BCUT2D eigenvalue weighted by Crippen LogP contribution is 2.35. The van der Waals surface area contributed by atoms with Crippen LogP contribution in [0.4, 0.5) is 0 Å². The number of morpholine rings is 1. The number of carboxylic acid groups (broad SMARTS) is 1. The first kappa shape index (κ1) is 16.6. The van der Waals surface area contributed by atoms with E-state index < -0.39 is 12.0 Å². The summed E-state index contributed by atoms with van der Waals surface area (Å²) >= 11 is 1.63. The third-order valence-corrected chi connectivity index (χ3v) is 5.45. The quantitative estimate of drug-likeness (QED) is 0.839. The highest BCUT2D eigenvalue weighted by Gasteiger charge is 2.30. The Bertz CT molecular complexity index is 563. The molecule has 0 radical (unpaired) electrons. The van der Waals surface area contributed by atoms with Gasteiger partial charge in [0.05, 0.1) is 25.7 Å². The summed E-state index contributed by atoms with van der Waals surface area (Å²) in [5.41, 5.74) is 2.23. The number of methoxy groups -OCH3 is 1. The van der Waals surface area contributed by atoms with E-state index in [0.717, 1.165) is 49.7 Å². The monoisotopic (exact) mass is 338 g/mol. The summed E-state index contributed by atoms with van der Waals surface area (Å²) in [5.74, 6) is 0.672. The van der Waals surface area contributed by atoms with E-state index >= 15 is 0 Å². The van der Waals surface area contributed by atoms with E-state index in [1.165, 1.54) is 0 Å². The molecular formula is C16H22N2O4S. The molecule has 2 heterocycles. The molecule has 2 atom stereocenters. The Morgan fingerprint density at radius 2 is 2.26 bits per heavy atom. The number of aliphatic carboxylic acids is 1. The molecule has 6 nitrogen and oxygen atoms in total. The van der Waals surface area contributed by atoms with Gasteiger partial charge >= 0.3 is 5.97 Å². The van der Waals surface area contributed by atoms with Crippen molar-refractivity contribution in [2.75, 3.05) is 39.2 Å². The second-order valence-electron chi connectivity index (χ2n) is 5.73. The molecule has 0 aliphatic carbocycles. The Balaban J connectivity index is 1.74. The minimum atomic E-state index is -0.790. The summed E-state index contributed by atoms with van der Waals surface area (Å²) in [6.07, 6.45) is 0. The molecule has 126 valence electrons. The number of nitrogens with one attached hydrogen (secondary N) is 1. The zero-order chi connectivity index (χ0) is 16.2. The number of carbonyl (C=O) groups is 1. The zero-order valence-corrected chi connectivity index (χ0v) is 14.0. The van der Waals surface area contributed by atoms with Gasteiger partial charge in [-0.3, -0.25) is 15.0 Å². The van der Waals surface area contributed by atoms with Crippen LogP contribution in [0.5, 0.6) is 5.75 Å². The molecule has 0 saturated carbocycles. The van der Waals surface area contributed by atoms with E-state index in [9.17, 15) is 4.79 Å². The standard InChI is InChI=1S/C16H22N2O4S/c1-21-14-3-2-11(15-17-13(10-23-15)16(19)20)8-12(14)9-18-4-6-22-7-5-18/h2-3,8,13,15,17H,4-7,9-10H2,1H3,(H,19,20). The second-order valence-corrected chi connectivity index (χ2v) is 6.87. The van der Waals surface area contributed by atoms with Gasteiger partial charge in [0.1, 0.15) is 11.8 Å². The summed E-state index contributed by atoms with van der Waals surface area (Å²) < 4.78 is 10.9. The van der Waals surface area contributed by atoms with Crippen molar-refractivity contribution in [3.8, 4) is 5.75 Å². The highest BCUT2D eigenvalue weighted by molar-refractivity contribution is 7.99. The van der Waals surface area contributed by atoms with Crippen molar-refractivity contribution in [3.05, 3.63) is 29.3 Å². The average molecular weight is 338 g/mol. The van der Waals surface area contributed by atoms with E-state index in [1.807, 2.05) is 12.1 Å². The summed E-state index contributed by atoms with van der Waals surface area (Å²) in [4.78, 5) is 13.4. The lowest BCUT2D eigenvalue weighted by atomic mass is 10.1. The Morgan fingerprint density at radius 3 is 2.91 bits per heavy atom. The largest absolute Gasteiger partial charge is 0.496 e. The molecule has 2 fully saturated rings. The predicted octanol–water partition coefficient (Wildman–Crippen LogP) is 1.32. The van der Waals surface area contributed by atoms with Gasteiger partial charge in [0.15, 0.2) is 0 Å². The van der Waals surface area contributed by atoms with Crippen LogP contribution in [-0.4, -0.2) is 61.2 Å². The van der Waals surface area contributed by atoms with Crippen LogP contribution in [0.15, 0.2) is 18.2 Å². The van der Waals surface area contributed by atoms with Crippen molar-refractivity contribution < 1.29 is 19.4 Å². The number of thioether (sulfide) groups is 1. The van der Waals surface area contributed by atoms with Gasteiger partial charge in [0, 0.05) is 31.0 Å². The lowest BCUT2D eigenvalue weighted by Gasteiger charge is -2.27. The summed E-state index contributed by atoms with van der Waals surface area (Å²) in [6, 6.07) is 5.64. The molecule has 7 heteroatoms. The third kappa shape index (κ3) is 3.98. The van der Waals surface area contributed by atoms with Crippen LogP contribution in [0.3, 0.4) is 0 Å². The number of benzene rings is 1. The minimum absolute atomic E-state index is 0.0189. The first-order valence-electron chi connectivity index (χ1n) is 7.75. The molecule has 3 rings (SSSR count). The van der Waals surface area contributed by atoms with Gasteiger partial charge < -0.3 is 14.6 Å². The molecule has 1 aromatic carbocycles. The van der Waals surface area contributed by atoms with Crippen molar-refractivity contribution in [2.45, 2.75) is 18.0 Å². The summed E-state index contributed by atoms with van der Waals surface area (Å²) in [5, 5.41) is 12.3. The molecule has 0 aromatic heterocycles. The van der Waals surface area contributed by atoms with Crippen LogP contribution < -0.4 is 10.1 Å². The number of ether oxygens (including phenoxy) is 2. The number of rotatable bonds is 5. The van der Waals surface area contributed by atoms with E-state index in [2.05, 4.69) is 16.3 Å². The van der Waals surface area contributed by atoms with E-state index in [-0.39, 0.29) is 5.37 Å². The Morgan fingerprint density at radius 1 is 1.48 bits per heavy atom. The maximum Gasteiger partial charge on any atom is 0.321 e. The second kappa shape index (κ2) is 7.53. The number of hydrogen-bond donors (Lipinski definition) is 2. The van der Waals surface area contributed by atoms with Gasteiger partial charge in [-0.15, -0.1) is 11.8 Å². The Kier molecular flexibility index (Phi) is 5.42. The van der Waals surface area contributed by atoms with Gasteiger partial charge in [-0.25, -0.2) is 0 Å². The first-order chi connectivity index (χ1) is 11.2. The third-order valence-electron chi connectivity index (χ3n) is 4.19. The molecule has 2 N–H and O–H groups in total. The van der Waals surface area contributed by atoms with E-state index in [1.54, 1.807) is 18.9 Å². The predicted molar refractivity (Wildman–Crippen MR) is 88.8 cm³/mol. The normalized spacial score (nSPS) is 25.4. The fourth-order valence-electron chi connectivity index (χ4n) is 2.89. The molecule has 0 bridgehead atoms. The van der Waals surface area contributed by atoms with E-state index in [0.29, 0.717) is 5.75 Å². The topological polar surface area (TPSA) is 71.0 Å². The van der Waals surface area contributed by atoms with Crippen molar-refractivity contribution >= 4 is 17.7 Å². The van der Waals surface area contributed by atoms with Crippen molar-refractivity contribution in [3.63, 3.8) is 0 Å². The van der Waals surface area contributed by atoms with Gasteiger partial charge in [-0.1, -0.05) is 6.07 Å². The lowest BCUT2D eigenvalue weighted by Crippen LogP contribution is -2.36. The zero-order valence-electron chi connectivity index (χ0n) is 13.2. The Hall–Kier alpha value is -1.28. The molecule has 2 unspecified atom stereocenters. The van der Waals surface area contributed by atoms with Crippen LogP contribution in [0.25, 0.3) is 0 Å². The maximum atomic E-state index is 11.1. The lowest BCUT2D eigenvalue weighted by molar-refractivity contribution is -0.138. The SMILES string of the molecule is COc1ccc(C2NC(C(=O)O)CS2)cc1CN1CCOCC1. The van der Waals surface area contributed by atoms with E-state index in [4.69, 9.17) is 14.6 Å². The molecule has 0 spiro atoms. The number of hydrogen-bond acceptors (Lipinski definition) is 6. The van der Waals surface area contributed by atoms with Crippen LogP contribution in [0.2, 0.25) is 0 Å². The van der Waals surface area contributed by atoms with Gasteiger partial charge in [-0.2, -0.15) is 0 Å².